The summed E-state index contributed by atoms with van der Waals surface area (Å²) in [5.41, 5.74) is 0.0766. The molecular formula is C15H13NO5. The van der Waals surface area contributed by atoms with Crippen LogP contribution in [0.2, 0.25) is 0 Å². The second-order valence-corrected chi connectivity index (χ2v) is 4.41. The minimum absolute atomic E-state index is 0.273. The minimum atomic E-state index is -1.36. The first kappa shape index (κ1) is 14.5. The van der Waals surface area contributed by atoms with E-state index in [1.807, 2.05) is 37.3 Å². The standard InChI is InChI=1S/C15H13NO5/c1-10(11-5-3-2-4-6-11)21-12-7-8-14(16(19)20)13(9-12)15(17)18/h2-10H,1H3,(H,17,18). The number of aromatic carboxylic acids is 1. The summed E-state index contributed by atoms with van der Waals surface area (Å²) < 4.78 is 5.64. The second kappa shape index (κ2) is 6.04. The number of hydrogen-bond acceptors (Lipinski definition) is 4. The Kier molecular flexibility index (Phi) is 4.18. The van der Waals surface area contributed by atoms with Crippen LogP contribution in [0.15, 0.2) is 48.5 Å². The molecule has 0 amide bonds. The van der Waals surface area contributed by atoms with Gasteiger partial charge in [-0.1, -0.05) is 30.3 Å². The molecule has 2 aromatic carbocycles. The first-order valence-corrected chi connectivity index (χ1v) is 6.22. The molecular weight excluding hydrogens is 274 g/mol. The molecule has 6 nitrogen and oxygen atoms in total. The molecule has 6 heteroatoms. The van der Waals surface area contributed by atoms with E-state index in [9.17, 15) is 14.9 Å². The highest BCUT2D eigenvalue weighted by Crippen LogP contribution is 2.27. The Morgan fingerprint density at radius 1 is 1.24 bits per heavy atom. The van der Waals surface area contributed by atoms with E-state index in [4.69, 9.17) is 9.84 Å². The normalized spacial score (nSPS) is 11.7. The summed E-state index contributed by atoms with van der Waals surface area (Å²) in [5.74, 6) is -1.09. The molecule has 0 aliphatic heterocycles. The maximum Gasteiger partial charge on any atom is 0.342 e. The molecule has 0 saturated carbocycles. The van der Waals surface area contributed by atoms with E-state index in [0.29, 0.717) is 0 Å². The number of ether oxygens (including phenoxy) is 1. The van der Waals surface area contributed by atoms with Gasteiger partial charge in [-0.05, 0) is 18.6 Å². The fourth-order valence-electron chi connectivity index (χ4n) is 1.92. The summed E-state index contributed by atoms with van der Waals surface area (Å²) in [5, 5.41) is 19.8. The lowest BCUT2D eigenvalue weighted by Crippen LogP contribution is -2.06. The van der Waals surface area contributed by atoms with E-state index in [2.05, 4.69) is 0 Å². The van der Waals surface area contributed by atoms with E-state index in [0.717, 1.165) is 11.6 Å². The van der Waals surface area contributed by atoms with Crippen molar-refractivity contribution in [1.29, 1.82) is 0 Å². The van der Waals surface area contributed by atoms with Gasteiger partial charge in [0.1, 0.15) is 17.4 Å². The maximum absolute atomic E-state index is 11.1. The Hall–Kier alpha value is -2.89. The van der Waals surface area contributed by atoms with E-state index < -0.39 is 22.1 Å². The molecule has 0 bridgehead atoms. The van der Waals surface area contributed by atoms with Gasteiger partial charge in [-0.2, -0.15) is 0 Å². The molecule has 1 unspecified atom stereocenters. The number of carbonyl (C=O) groups is 1. The van der Waals surface area contributed by atoms with Gasteiger partial charge >= 0.3 is 5.97 Å². The highest BCUT2D eigenvalue weighted by Gasteiger charge is 2.21. The summed E-state index contributed by atoms with van der Waals surface area (Å²) in [6, 6.07) is 13.1. The molecule has 0 saturated heterocycles. The Balaban J connectivity index is 2.27. The number of hydrogen-bond donors (Lipinski definition) is 1. The molecule has 2 aromatic rings. The molecule has 2 rings (SSSR count). The number of benzene rings is 2. The van der Waals surface area contributed by atoms with E-state index >= 15 is 0 Å². The molecule has 108 valence electrons. The van der Waals surface area contributed by atoms with Gasteiger partial charge < -0.3 is 9.84 Å². The van der Waals surface area contributed by atoms with Crippen LogP contribution in [0.1, 0.15) is 28.9 Å². The number of carboxylic acid groups (broad SMARTS) is 1. The summed E-state index contributed by atoms with van der Waals surface area (Å²) >= 11 is 0. The van der Waals surface area contributed by atoms with Crippen LogP contribution < -0.4 is 4.74 Å². The average molecular weight is 287 g/mol. The van der Waals surface area contributed by atoms with Gasteiger partial charge in [0, 0.05) is 12.1 Å². The van der Waals surface area contributed by atoms with Crippen LogP contribution in [0.5, 0.6) is 5.75 Å². The Morgan fingerprint density at radius 2 is 1.90 bits per heavy atom. The largest absolute Gasteiger partial charge is 0.486 e. The van der Waals surface area contributed by atoms with Crippen LogP contribution in [-0.4, -0.2) is 16.0 Å². The Morgan fingerprint density at radius 3 is 2.48 bits per heavy atom. The van der Waals surface area contributed by atoms with E-state index in [-0.39, 0.29) is 11.9 Å². The smallest absolute Gasteiger partial charge is 0.342 e. The van der Waals surface area contributed by atoms with E-state index in [1.54, 1.807) is 0 Å². The van der Waals surface area contributed by atoms with Gasteiger partial charge in [-0.15, -0.1) is 0 Å². The van der Waals surface area contributed by atoms with Gasteiger partial charge in [-0.25, -0.2) is 4.79 Å². The lowest BCUT2D eigenvalue weighted by Gasteiger charge is -2.15. The van der Waals surface area contributed by atoms with Gasteiger partial charge in [0.05, 0.1) is 4.92 Å². The topological polar surface area (TPSA) is 89.7 Å². The predicted octanol–water partition coefficient (Wildman–Crippen LogP) is 3.43. The van der Waals surface area contributed by atoms with Crippen molar-refractivity contribution in [2.45, 2.75) is 13.0 Å². The first-order valence-electron chi connectivity index (χ1n) is 6.22. The molecule has 0 radical (unpaired) electrons. The molecule has 0 aliphatic rings. The van der Waals surface area contributed by atoms with Crippen molar-refractivity contribution in [2.75, 3.05) is 0 Å². The zero-order chi connectivity index (χ0) is 15.4. The summed E-state index contributed by atoms with van der Waals surface area (Å²) in [6.45, 7) is 1.82. The average Bonchev–Trinajstić information content (AvgIpc) is 2.47. The fraction of sp³-hybridized carbons (Fsp3) is 0.133. The van der Waals surface area contributed by atoms with Gasteiger partial charge in [0.2, 0.25) is 0 Å². The number of nitro groups is 1. The molecule has 21 heavy (non-hydrogen) atoms. The Labute approximate surface area is 120 Å². The summed E-state index contributed by atoms with van der Waals surface area (Å²) in [6.07, 6.45) is -0.297. The van der Waals surface area contributed by atoms with Gasteiger partial charge in [-0.3, -0.25) is 10.1 Å². The van der Waals surface area contributed by atoms with Crippen molar-refractivity contribution < 1.29 is 19.6 Å². The van der Waals surface area contributed by atoms with Crippen molar-refractivity contribution >= 4 is 11.7 Å². The Bertz CT molecular complexity index is 669. The fourth-order valence-corrected chi connectivity index (χ4v) is 1.92. The third-order valence-corrected chi connectivity index (χ3v) is 2.98. The molecule has 1 atom stereocenters. The highest BCUT2D eigenvalue weighted by atomic mass is 16.6. The number of rotatable bonds is 5. The number of nitrogens with zero attached hydrogens (tertiary/aromatic N) is 1. The van der Waals surface area contributed by atoms with Gasteiger partial charge in [0.25, 0.3) is 5.69 Å². The predicted molar refractivity (Wildman–Crippen MR) is 75.5 cm³/mol. The zero-order valence-corrected chi connectivity index (χ0v) is 11.2. The maximum atomic E-state index is 11.1. The lowest BCUT2D eigenvalue weighted by molar-refractivity contribution is -0.385. The van der Waals surface area contributed by atoms with Crippen LogP contribution in [0, 0.1) is 10.1 Å². The molecule has 0 spiro atoms. The summed E-state index contributed by atoms with van der Waals surface area (Å²) in [7, 11) is 0. The minimum Gasteiger partial charge on any atom is -0.486 e. The van der Waals surface area contributed by atoms with Crippen molar-refractivity contribution in [3.8, 4) is 5.75 Å². The van der Waals surface area contributed by atoms with Gasteiger partial charge in [0.15, 0.2) is 0 Å². The number of nitro benzene ring substituents is 1. The van der Waals surface area contributed by atoms with E-state index in [1.165, 1.54) is 12.1 Å². The summed E-state index contributed by atoms with van der Waals surface area (Å²) in [4.78, 5) is 21.1. The zero-order valence-electron chi connectivity index (χ0n) is 11.2. The van der Waals surface area contributed by atoms with Crippen molar-refractivity contribution in [3.05, 3.63) is 69.8 Å². The number of carboxylic acids is 1. The molecule has 1 N–H and O–H groups in total. The quantitative estimate of drug-likeness (QED) is 0.672. The molecule has 0 aliphatic carbocycles. The third-order valence-electron chi connectivity index (χ3n) is 2.98. The van der Waals surface area contributed by atoms with Crippen molar-refractivity contribution in [3.63, 3.8) is 0 Å². The SMILES string of the molecule is CC(Oc1ccc([N+](=O)[O-])c(C(=O)O)c1)c1ccccc1. The van der Waals surface area contributed by atoms with Crippen LogP contribution in [-0.2, 0) is 0 Å². The monoisotopic (exact) mass is 287 g/mol. The molecule has 0 aromatic heterocycles. The first-order chi connectivity index (χ1) is 9.99. The third kappa shape index (κ3) is 3.36. The van der Waals surface area contributed by atoms with Crippen LogP contribution in [0.4, 0.5) is 5.69 Å². The highest BCUT2D eigenvalue weighted by molar-refractivity contribution is 5.92. The molecule has 0 fully saturated rings. The lowest BCUT2D eigenvalue weighted by atomic mass is 10.1. The van der Waals surface area contributed by atoms with Crippen LogP contribution in [0.3, 0.4) is 0 Å². The van der Waals surface area contributed by atoms with Crippen LogP contribution in [0.25, 0.3) is 0 Å². The van der Waals surface area contributed by atoms with Crippen molar-refractivity contribution in [1.82, 2.24) is 0 Å². The second-order valence-electron chi connectivity index (χ2n) is 4.41. The molecule has 0 heterocycles. The van der Waals surface area contributed by atoms with Crippen LogP contribution >= 0.6 is 0 Å². The van der Waals surface area contributed by atoms with Crippen molar-refractivity contribution in [2.24, 2.45) is 0 Å².